The summed E-state index contributed by atoms with van der Waals surface area (Å²) in [6, 6.07) is 13.9. The molecule has 2 N–H and O–H groups in total. The molecule has 0 radical (unpaired) electrons. The summed E-state index contributed by atoms with van der Waals surface area (Å²) in [5.74, 6) is 0.00467. The second-order valence-corrected chi connectivity index (χ2v) is 6.38. The summed E-state index contributed by atoms with van der Waals surface area (Å²) in [4.78, 5) is 0.0231. The Hall–Kier alpha value is -2.05. The van der Waals surface area contributed by atoms with Gasteiger partial charge in [-0.15, -0.1) is 0 Å². The van der Waals surface area contributed by atoms with Crippen molar-refractivity contribution in [1.82, 2.24) is 0 Å². The smallest absolute Gasteiger partial charge is 0.204 e. The summed E-state index contributed by atoms with van der Waals surface area (Å²) in [5, 5.41) is 0. The van der Waals surface area contributed by atoms with Gasteiger partial charge in [0.15, 0.2) is 5.94 Å². The van der Waals surface area contributed by atoms with Crippen LogP contribution >= 0.6 is 0 Å². The highest BCUT2D eigenvalue weighted by Gasteiger charge is 2.19. The van der Waals surface area contributed by atoms with Crippen LogP contribution in [0.3, 0.4) is 0 Å². The van der Waals surface area contributed by atoms with Crippen LogP contribution in [0.4, 0.5) is 5.69 Å². The van der Waals surface area contributed by atoms with Crippen LogP contribution in [0.1, 0.15) is 5.56 Å². The zero-order valence-corrected chi connectivity index (χ0v) is 12.5. The zero-order valence-electron chi connectivity index (χ0n) is 11.7. The molecule has 2 rings (SSSR count). The van der Waals surface area contributed by atoms with Crippen LogP contribution in [0.2, 0.25) is 0 Å². The number of benzene rings is 2. The molecule has 0 amide bonds. The molecule has 0 saturated heterocycles. The molecule has 2 aromatic carbocycles. The molecule has 0 aromatic heterocycles. The van der Waals surface area contributed by atoms with Gasteiger partial charge in [-0.2, -0.15) is 0 Å². The molecular formula is C15H17NO4S. The van der Waals surface area contributed by atoms with Crippen molar-refractivity contribution in [3.63, 3.8) is 0 Å². The molecule has 0 atom stereocenters. The third-order valence-corrected chi connectivity index (χ3v) is 4.41. The molecule has 5 nitrogen and oxygen atoms in total. The van der Waals surface area contributed by atoms with Gasteiger partial charge in [0, 0.05) is 6.07 Å². The Morgan fingerprint density at radius 2 is 1.81 bits per heavy atom. The Morgan fingerprint density at radius 3 is 2.48 bits per heavy atom. The lowest BCUT2D eigenvalue weighted by Gasteiger charge is -2.10. The van der Waals surface area contributed by atoms with E-state index in [1.54, 1.807) is 6.07 Å². The number of nitrogen functional groups attached to an aromatic ring is 1. The van der Waals surface area contributed by atoms with Crippen LogP contribution in [-0.2, 0) is 21.2 Å². The highest BCUT2D eigenvalue weighted by Crippen LogP contribution is 2.25. The number of hydrogen-bond donors (Lipinski definition) is 1. The fourth-order valence-corrected chi connectivity index (χ4v) is 2.97. The first kappa shape index (κ1) is 15.3. The lowest BCUT2D eigenvalue weighted by molar-refractivity contribution is 0.163. The number of sulfone groups is 1. The molecule has 0 unspecified atom stereocenters. The molecule has 112 valence electrons. The minimum atomic E-state index is -3.62. The first-order valence-corrected chi connectivity index (χ1v) is 7.96. The SMILES string of the molecule is COc1ccc(N)c(S(=O)(=O)COCc2ccccc2)c1. The number of anilines is 1. The van der Waals surface area contributed by atoms with Crippen molar-refractivity contribution in [3.05, 3.63) is 54.1 Å². The minimum absolute atomic E-state index is 0.0231. The normalized spacial score (nSPS) is 11.3. The van der Waals surface area contributed by atoms with E-state index >= 15 is 0 Å². The Balaban J connectivity index is 2.08. The number of rotatable bonds is 6. The molecule has 0 spiro atoms. The quantitative estimate of drug-likeness (QED) is 0.828. The van der Waals surface area contributed by atoms with Gasteiger partial charge >= 0.3 is 0 Å². The monoisotopic (exact) mass is 307 g/mol. The van der Waals surface area contributed by atoms with Gasteiger partial charge < -0.3 is 15.2 Å². The average Bonchev–Trinajstić information content (AvgIpc) is 2.48. The Morgan fingerprint density at radius 1 is 1.10 bits per heavy atom. The van der Waals surface area contributed by atoms with E-state index in [9.17, 15) is 8.42 Å². The van der Waals surface area contributed by atoms with Crippen molar-refractivity contribution in [2.45, 2.75) is 11.5 Å². The van der Waals surface area contributed by atoms with E-state index in [0.717, 1.165) is 5.56 Å². The molecule has 0 fully saturated rings. The van der Waals surface area contributed by atoms with E-state index < -0.39 is 15.8 Å². The average molecular weight is 307 g/mol. The van der Waals surface area contributed by atoms with Gasteiger partial charge in [-0.3, -0.25) is 0 Å². The van der Waals surface area contributed by atoms with E-state index in [2.05, 4.69) is 0 Å². The van der Waals surface area contributed by atoms with Crippen LogP contribution in [0.25, 0.3) is 0 Å². The maximum absolute atomic E-state index is 12.3. The second kappa shape index (κ2) is 6.60. The van der Waals surface area contributed by atoms with E-state index in [1.165, 1.54) is 19.2 Å². The Labute approximate surface area is 124 Å². The summed E-state index contributed by atoms with van der Waals surface area (Å²) in [6.07, 6.45) is 0. The first-order valence-electron chi connectivity index (χ1n) is 6.31. The highest BCUT2D eigenvalue weighted by atomic mass is 32.2. The molecule has 0 aliphatic heterocycles. The van der Waals surface area contributed by atoms with Crippen molar-refractivity contribution in [3.8, 4) is 5.75 Å². The summed E-state index contributed by atoms with van der Waals surface area (Å²) >= 11 is 0. The minimum Gasteiger partial charge on any atom is -0.497 e. The maximum atomic E-state index is 12.3. The molecular weight excluding hydrogens is 290 g/mol. The van der Waals surface area contributed by atoms with Gasteiger partial charge in [0.05, 0.1) is 24.3 Å². The van der Waals surface area contributed by atoms with Gasteiger partial charge in [0.25, 0.3) is 0 Å². The number of ether oxygens (including phenoxy) is 2. The van der Waals surface area contributed by atoms with Crippen molar-refractivity contribution >= 4 is 15.5 Å². The van der Waals surface area contributed by atoms with Gasteiger partial charge in [0.2, 0.25) is 9.84 Å². The molecule has 0 aliphatic carbocycles. The van der Waals surface area contributed by atoms with Gasteiger partial charge in [0.1, 0.15) is 5.75 Å². The summed E-state index contributed by atoms with van der Waals surface area (Å²) in [7, 11) is -2.15. The van der Waals surface area contributed by atoms with Crippen LogP contribution in [0.15, 0.2) is 53.4 Å². The molecule has 0 aliphatic rings. The third-order valence-electron chi connectivity index (χ3n) is 2.91. The van der Waals surface area contributed by atoms with E-state index in [1.807, 2.05) is 30.3 Å². The molecule has 2 aromatic rings. The molecule has 0 bridgehead atoms. The predicted molar refractivity (Wildman–Crippen MR) is 80.7 cm³/mol. The summed E-state index contributed by atoms with van der Waals surface area (Å²) in [6.45, 7) is 0.226. The lowest BCUT2D eigenvalue weighted by Crippen LogP contribution is -2.12. The second-order valence-electron chi connectivity index (χ2n) is 4.47. The summed E-state index contributed by atoms with van der Waals surface area (Å²) < 4.78 is 34.8. The van der Waals surface area contributed by atoms with Gasteiger partial charge in [-0.05, 0) is 17.7 Å². The van der Waals surface area contributed by atoms with E-state index in [0.29, 0.717) is 5.75 Å². The van der Waals surface area contributed by atoms with Crippen LogP contribution in [0.5, 0.6) is 5.75 Å². The van der Waals surface area contributed by atoms with E-state index in [4.69, 9.17) is 15.2 Å². The summed E-state index contributed by atoms with van der Waals surface area (Å²) in [5.41, 5.74) is 6.81. The third kappa shape index (κ3) is 3.96. The number of nitrogens with two attached hydrogens (primary N) is 1. The highest BCUT2D eigenvalue weighted by molar-refractivity contribution is 7.91. The standard InChI is InChI=1S/C15H17NO4S/c1-19-13-7-8-14(16)15(9-13)21(17,18)11-20-10-12-5-3-2-4-6-12/h2-9H,10-11,16H2,1H3. The molecule has 21 heavy (non-hydrogen) atoms. The Kier molecular flexibility index (Phi) is 4.82. The van der Waals surface area contributed by atoms with Crippen molar-refractivity contribution in [2.75, 3.05) is 18.8 Å². The zero-order chi connectivity index (χ0) is 15.3. The maximum Gasteiger partial charge on any atom is 0.204 e. The first-order chi connectivity index (χ1) is 10.0. The van der Waals surface area contributed by atoms with Gasteiger partial charge in [-0.1, -0.05) is 30.3 Å². The van der Waals surface area contributed by atoms with E-state index in [-0.39, 0.29) is 17.2 Å². The van der Waals surface area contributed by atoms with Crippen molar-refractivity contribution in [2.24, 2.45) is 0 Å². The van der Waals surface area contributed by atoms with Gasteiger partial charge in [-0.25, -0.2) is 8.42 Å². The Bertz CT molecular complexity index is 699. The lowest BCUT2D eigenvalue weighted by atomic mass is 10.2. The predicted octanol–water partition coefficient (Wildman–Crippen LogP) is 2.23. The largest absolute Gasteiger partial charge is 0.497 e. The van der Waals surface area contributed by atoms with Crippen LogP contribution in [-0.4, -0.2) is 21.5 Å². The molecule has 0 heterocycles. The van der Waals surface area contributed by atoms with Crippen LogP contribution in [0, 0.1) is 0 Å². The molecule has 6 heteroatoms. The van der Waals surface area contributed by atoms with Crippen molar-refractivity contribution in [1.29, 1.82) is 0 Å². The topological polar surface area (TPSA) is 78.6 Å². The van der Waals surface area contributed by atoms with Crippen molar-refractivity contribution < 1.29 is 17.9 Å². The fourth-order valence-electron chi connectivity index (χ4n) is 1.82. The van der Waals surface area contributed by atoms with Crippen LogP contribution < -0.4 is 10.5 Å². The number of methoxy groups -OCH3 is 1. The number of hydrogen-bond acceptors (Lipinski definition) is 5. The molecule has 0 saturated carbocycles. The fraction of sp³-hybridized carbons (Fsp3) is 0.200.